The van der Waals surface area contributed by atoms with E-state index in [4.69, 9.17) is 0 Å². The Morgan fingerprint density at radius 3 is 2.83 bits per heavy atom. The molecule has 0 aliphatic carbocycles. The minimum absolute atomic E-state index is 0.116. The van der Waals surface area contributed by atoms with Crippen LogP contribution in [0.1, 0.15) is 21.6 Å². The van der Waals surface area contributed by atoms with E-state index in [2.05, 4.69) is 37.6 Å². The van der Waals surface area contributed by atoms with Gasteiger partial charge in [0.1, 0.15) is 0 Å². The standard InChI is InChI=1S/C22H18N6O/c1-14-11-18-12-15(3-8-19(18)25-14)13-24-21(29)17-6-4-16(5-7-17)20-26-27-22-23-9-2-10-28(20)22/h2-12,25H,13H2,1H3,(H,24,29). The first-order valence-corrected chi connectivity index (χ1v) is 9.30. The molecule has 0 aliphatic rings. The lowest BCUT2D eigenvalue weighted by molar-refractivity contribution is 0.0951. The van der Waals surface area contributed by atoms with Crippen LogP contribution in [0.5, 0.6) is 0 Å². The van der Waals surface area contributed by atoms with Gasteiger partial charge in [-0.25, -0.2) is 4.98 Å². The Bertz CT molecular complexity index is 1330. The van der Waals surface area contributed by atoms with Gasteiger partial charge in [-0.3, -0.25) is 9.20 Å². The van der Waals surface area contributed by atoms with Crippen LogP contribution >= 0.6 is 0 Å². The van der Waals surface area contributed by atoms with Gasteiger partial charge in [0.05, 0.1) is 0 Å². The second-order valence-corrected chi connectivity index (χ2v) is 6.95. The quantitative estimate of drug-likeness (QED) is 0.498. The molecular formula is C22H18N6O. The van der Waals surface area contributed by atoms with Crippen molar-refractivity contribution in [2.24, 2.45) is 0 Å². The molecule has 2 N–H and O–H groups in total. The van der Waals surface area contributed by atoms with E-state index < -0.39 is 0 Å². The van der Waals surface area contributed by atoms with Gasteiger partial charge < -0.3 is 10.3 Å². The number of fused-ring (bicyclic) bond motifs is 2. The summed E-state index contributed by atoms with van der Waals surface area (Å²) in [5.41, 5.74) is 4.75. The summed E-state index contributed by atoms with van der Waals surface area (Å²) in [6.45, 7) is 2.51. The van der Waals surface area contributed by atoms with E-state index in [0.717, 1.165) is 27.7 Å². The number of benzene rings is 2. The molecule has 5 rings (SSSR count). The summed E-state index contributed by atoms with van der Waals surface area (Å²) < 4.78 is 1.81. The third-order valence-corrected chi connectivity index (χ3v) is 4.87. The zero-order valence-electron chi connectivity index (χ0n) is 15.8. The van der Waals surface area contributed by atoms with Crippen LogP contribution in [0, 0.1) is 6.92 Å². The smallest absolute Gasteiger partial charge is 0.255 e. The van der Waals surface area contributed by atoms with Gasteiger partial charge in [0.15, 0.2) is 5.82 Å². The molecule has 142 valence electrons. The van der Waals surface area contributed by atoms with Crippen LogP contribution in [0.4, 0.5) is 0 Å². The lowest BCUT2D eigenvalue weighted by atomic mass is 10.1. The van der Waals surface area contributed by atoms with Crippen molar-refractivity contribution in [1.29, 1.82) is 0 Å². The predicted octanol–water partition coefficient (Wildman–Crippen LogP) is 3.51. The molecule has 0 atom stereocenters. The number of H-pyrrole nitrogens is 1. The summed E-state index contributed by atoms with van der Waals surface area (Å²) in [7, 11) is 0. The molecule has 3 heterocycles. The van der Waals surface area contributed by atoms with Crippen molar-refractivity contribution in [3.8, 4) is 11.4 Å². The van der Waals surface area contributed by atoms with E-state index in [-0.39, 0.29) is 5.91 Å². The maximum Gasteiger partial charge on any atom is 0.255 e. The Morgan fingerprint density at radius 2 is 1.97 bits per heavy atom. The van der Waals surface area contributed by atoms with E-state index >= 15 is 0 Å². The number of aromatic nitrogens is 5. The molecule has 0 radical (unpaired) electrons. The van der Waals surface area contributed by atoms with Crippen molar-refractivity contribution >= 4 is 22.6 Å². The predicted molar refractivity (Wildman–Crippen MR) is 110 cm³/mol. The topological polar surface area (TPSA) is 88.0 Å². The van der Waals surface area contributed by atoms with Crippen molar-refractivity contribution < 1.29 is 4.79 Å². The van der Waals surface area contributed by atoms with Crippen LogP contribution in [0.15, 0.2) is 67.0 Å². The summed E-state index contributed by atoms with van der Waals surface area (Å²) in [6, 6.07) is 17.4. The Kier molecular flexibility index (Phi) is 4.05. The molecule has 3 aromatic heterocycles. The fourth-order valence-corrected chi connectivity index (χ4v) is 3.43. The Morgan fingerprint density at radius 1 is 1.10 bits per heavy atom. The third-order valence-electron chi connectivity index (χ3n) is 4.87. The first kappa shape index (κ1) is 17.1. The molecule has 0 aliphatic heterocycles. The Labute approximate surface area is 166 Å². The highest BCUT2D eigenvalue weighted by atomic mass is 16.1. The first-order valence-electron chi connectivity index (χ1n) is 9.30. The lowest BCUT2D eigenvalue weighted by Crippen LogP contribution is -2.22. The number of nitrogens with zero attached hydrogens (tertiary/aromatic N) is 4. The number of carbonyl (C=O) groups is 1. The van der Waals surface area contributed by atoms with Crippen molar-refractivity contribution in [2.75, 3.05) is 0 Å². The van der Waals surface area contributed by atoms with Crippen LogP contribution in [-0.4, -0.2) is 30.5 Å². The molecule has 0 fully saturated rings. The Hall–Kier alpha value is -4.00. The average molecular weight is 382 g/mol. The van der Waals surface area contributed by atoms with E-state index in [9.17, 15) is 4.79 Å². The number of hydrogen-bond donors (Lipinski definition) is 2. The van der Waals surface area contributed by atoms with Gasteiger partial charge in [0.25, 0.3) is 11.7 Å². The molecule has 0 spiro atoms. The lowest BCUT2D eigenvalue weighted by Gasteiger charge is -2.07. The number of rotatable bonds is 4. The van der Waals surface area contributed by atoms with Crippen molar-refractivity contribution in [3.05, 3.63) is 83.8 Å². The number of aromatic amines is 1. The number of nitrogens with one attached hydrogen (secondary N) is 2. The van der Waals surface area contributed by atoms with E-state index in [1.165, 1.54) is 0 Å². The van der Waals surface area contributed by atoms with Gasteiger partial charge in [0, 0.05) is 41.3 Å². The van der Waals surface area contributed by atoms with Gasteiger partial charge in [-0.2, -0.15) is 0 Å². The Balaban J connectivity index is 1.31. The molecule has 7 heteroatoms. The molecule has 0 unspecified atom stereocenters. The van der Waals surface area contributed by atoms with Crippen LogP contribution < -0.4 is 5.32 Å². The summed E-state index contributed by atoms with van der Waals surface area (Å²) in [4.78, 5) is 20.0. The zero-order chi connectivity index (χ0) is 19.8. The molecule has 7 nitrogen and oxygen atoms in total. The minimum Gasteiger partial charge on any atom is -0.359 e. The van der Waals surface area contributed by atoms with Gasteiger partial charge in [0.2, 0.25) is 0 Å². The zero-order valence-corrected chi connectivity index (χ0v) is 15.8. The van der Waals surface area contributed by atoms with E-state index in [1.807, 2.05) is 47.9 Å². The summed E-state index contributed by atoms with van der Waals surface area (Å²) in [5, 5.41) is 12.4. The SMILES string of the molecule is Cc1cc2cc(CNC(=O)c3ccc(-c4nnc5ncccn45)cc3)ccc2[nH]1. The van der Waals surface area contributed by atoms with E-state index in [0.29, 0.717) is 23.7 Å². The molecule has 0 bridgehead atoms. The first-order chi connectivity index (χ1) is 14.2. The second-order valence-electron chi connectivity index (χ2n) is 6.95. The summed E-state index contributed by atoms with van der Waals surface area (Å²) in [5.74, 6) is 1.11. The molecular weight excluding hydrogens is 364 g/mol. The van der Waals surface area contributed by atoms with Gasteiger partial charge in [-0.15, -0.1) is 10.2 Å². The van der Waals surface area contributed by atoms with Crippen LogP contribution in [-0.2, 0) is 6.54 Å². The van der Waals surface area contributed by atoms with Crippen molar-refractivity contribution in [3.63, 3.8) is 0 Å². The fraction of sp³-hybridized carbons (Fsp3) is 0.0909. The monoisotopic (exact) mass is 382 g/mol. The molecule has 1 amide bonds. The van der Waals surface area contributed by atoms with Crippen molar-refractivity contribution in [2.45, 2.75) is 13.5 Å². The number of hydrogen-bond acceptors (Lipinski definition) is 4. The number of aryl methyl sites for hydroxylation is 1. The molecule has 0 saturated carbocycles. The largest absolute Gasteiger partial charge is 0.359 e. The number of amides is 1. The van der Waals surface area contributed by atoms with E-state index in [1.54, 1.807) is 18.3 Å². The molecule has 5 aromatic rings. The number of carbonyl (C=O) groups excluding carboxylic acids is 1. The van der Waals surface area contributed by atoms with Crippen LogP contribution in [0.3, 0.4) is 0 Å². The molecule has 29 heavy (non-hydrogen) atoms. The van der Waals surface area contributed by atoms with Gasteiger partial charge in [-0.1, -0.05) is 18.2 Å². The normalized spacial score (nSPS) is 11.2. The average Bonchev–Trinajstić information content (AvgIpc) is 3.34. The second kappa shape index (κ2) is 6.87. The van der Waals surface area contributed by atoms with Crippen LogP contribution in [0.25, 0.3) is 28.1 Å². The van der Waals surface area contributed by atoms with Crippen LogP contribution in [0.2, 0.25) is 0 Å². The summed E-state index contributed by atoms with van der Waals surface area (Å²) in [6.07, 6.45) is 3.54. The minimum atomic E-state index is -0.116. The van der Waals surface area contributed by atoms with Gasteiger partial charge in [-0.05, 0) is 54.3 Å². The highest BCUT2D eigenvalue weighted by Gasteiger charge is 2.10. The molecule has 0 saturated heterocycles. The maximum atomic E-state index is 12.5. The highest BCUT2D eigenvalue weighted by Crippen LogP contribution is 2.19. The summed E-state index contributed by atoms with van der Waals surface area (Å²) >= 11 is 0. The highest BCUT2D eigenvalue weighted by molar-refractivity contribution is 5.94. The molecule has 2 aromatic carbocycles. The fourth-order valence-electron chi connectivity index (χ4n) is 3.43. The third kappa shape index (κ3) is 3.23. The maximum absolute atomic E-state index is 12.5. The van der Waals surface area contributed by atoms with Gasteiger partial charge >= 0.3 is 0 Å². The van der Waals surface area contributed by atoms with Crippen molar-refractivity contribution in [1.82, 2.24) is 29.9 Å².